The number of hydrogen-bond donors (Lipinski definition) is 0. The van der Waals surface area contributed by atoms with Crippen molar-refractivity contribution in [2.45, 2.75) is 26.7 Å². The van der Waals surface area contributed by atoms with Gasteiger partial charge in [-0.1, -0.05) is 19.8 Å². The first-order valence-electron chi connectivity index (χ1n) is 3.61. The van der Waals surface area contributed by atoms with Crippen molar-refractivity contribution in [3.05, 3.63) is 0 Å². The SMILES string of the molecule is [2H]C(C)(C)C#CC1CC1. The fraction of sp³-hybridized carbons (Fsp3) is 0.750. The molecule has 0 heteroatoms. The van der Waals surface area contributed by atoms with Crippen molar-refractivity contribution in [1.82, 2.24) is 0 Å². The van der Waals surface area contributed by atoms with E-state index in [0.29, 0.717) is 5.92 Å². The Morgan fingerprint density at radius 3 is 2.62 bits per heavy atom. The third-order valence-electron chi connectivity index (χ3n) is 1.10. The van der Waals surface area contributed by atoms with Crippen LogP contribution in [0.4, 0.5) is 0 Å². The monoisotopic (exact) mass is 109 g/mol. The normalized spacial score (nSPS) is 21.0. The molecule has 1 aliphatic rings. The fourth-order valence-electron chi connectivity index (χ4n) is 0.474. The number of rotatable bonds is 0. The molecule has 0 heterocycles. The van der Waals surface area contributed by atoms with Crippen LogP contribution in [-0.4, -0.2) is 0 Å². The minimum atomic E-state index is -0.539. The molecule has 0 nitrogen and oxygen atoms in total. The fourth-order valence-corrected chi connectivity index (χ4v) is 0.474. The third kappa shape index (κ3) is 2.02. The van der Waals surface area contributed by atoms with E-state index in [9.17, 15) is 0 Å². The van der Waals surface area contributed by atoms with Crippen molar-refractivity contribution in [3.8, 4) is 11.8 Å². The molecule has 0 spiro atoms. The van der Waals surface area contributed by atoms with Crippen molar-refractivity contribution < 1.29 is 1.37 Å². The Morgan fingerprint density at radius 2 is 2.25 bits per heavy atom. The van der Waals surface area contributed by atoms with Crippen molar-refractivity contribution in [2.75, 3.05) is 0 Å². The van der Waals surface area contributed by atoms with E-state index in [0.717, 1.165) is 0 Å². The van der Waals surface area contributed by atoms with Crippen LogP contribution in [0, 0.1) is 23.7 Å². The van der Waals surface area contributed by atoms with Crippen LogP contribution in [0.3, 0.4) is 0 Å². The Hall–Kier alpha value is -0.440. The summed E-state index contributed by atoms with van der Waals surface area (Å²) in [6.45, 7) is 3.64. The van der Waals surface area contributed by atoms with E-state index in [1.165, 1.54) is 12.8 Å². The van der Waals surface area contributed by atoms with Gasteiger partial charge in [0.15, 0.2) is 0 Å². The van der Waals surface area contributed by atoms with Crippen molar-refractivity contribution in [3.63, 3.8) is 0 Å². The first-order chi connectivity index (χ1) is 4.08. The second kappa shape index (κ2) is 2.22. The lowest BCUT2D eigenvalue weighted by atomic mass is 10.2. The van der Waals surface area contributed by atoms with Crippen LogP contribution >= 0.6 is 0 Å². The standard InChI is InChI=1S/C8H12/c1-7(2)3-4-8-5-6-8/h7-8H,5-6H2,1-2H3/i7D. The zero-order valence-electron chi connectivity index (χ0n) is 6.49. The maximum atomic E-state index is 7.38. The molecule has 1 rings (SSSR count). The molecule has 0 atom stereocenters. The van der Waals surface area contributed by atoms with Crippen LogP contribution in [-0.2, 0) is 0 Å². The minimum absolute atomic E-state index is 0.539. The third-order valence-corrected chi connectivity index (χ3v) is 1.10. The maximum absolute atomic E-state index is 7.38. The van der Waals surface area contributed by atoms with Crippen LogP contribution in [0.1, 0.15) is 28.1 Å². The largest absolute Gasteiger partial charge is 0.100 e. The van der Waals surface area contributed by atoms with Crippen LogP contribution in [0.25, 0.3) is 0 Å². The highest BCUT2D eigenvalue weighted by atomic mass is 14.2. The summed E-state index contributed by atoms with van der Waals surface area (Å²) in [4.78, 5) is 0. The lowest BCUT2D eigenvalue weighted by Gasteiger charge is -1.84. The molecule has 44 valence electrons. The van der Waals surface area contributed by atoms with Crippen molar-refractivity contribution in [1.29, 1.82) is 0 Å². The first kappa shape index (κ1) is 4.44. The van der Waals surface area contributed by atoms with Gasteiger partial charge in [-0.3, -0.25) is 0 Å². The summed E-state index contributed by atoms with van der Waals surface area (Å²) in [5, 5.41) is 0. The van der Waals surface area contributed by atoms with E-state index in [4.69, 9.17) is 1.37 Å². The quantitative estimate of drug-likeness (QED) is 0.418. The average molecular weight is 109 g/mol. The topological polar surface area (TPSA) is 0 Å². The Balaban J connectivity index is 2.39. The summed E-state index contributed by atoms with van der Waals surface area (Å²) in [6.07, 6.45) is 2.51. The van der Waals surface area contributed by atoms with Crippen LogP contribution in [0.2, 0.25) is 0 Å². The molecule has 0 aliphatic heterocycles. The lowest BCUT2D eigenvalue weighted by Crippen LogP contribution is -1.77. The van der Waals surface area contributed by atoms with Gasteiger partial charge in [0.05, 0.1) is 0 Å². The summed E-state index contributed by atoms with van der Waals surface area (Å²) >= 11 is 0. The maximum Gasteiger partial charge on any atom is 0.0433 e. The van der Waals surface area contributed by atoms with E-state index in [-0.39, 0.29) is 0 Å². The molecule has 1 aliphatic carbocycles. The average Bonchev–Trinajstić information content (AvgIpc) is 2.38. The molecule has 0 aromatic carbocycles. The highest BCUT2D eigenvalue weighted by Gasteiger charge is 2.17. The molecule has 0 N–H and O–H groups in total. The molecule has 0 radical (unpaired) electrons. The number of hydrogen-bond acceptors (Lipinski definition) is 0. The van der Waals surface area contributed by atoms with Gasteiger partial charge in [-0.25, -0.2) is 0 Å². The van der Waals surface area contributed by atoms with Gasteiger partial charge in [-0.05, 0) is 12.8 Å². The van der Waals surface area contributed by atoms with Gasteiger partial charge >= 0.3 is 0 Å². The molecule has 0 amide bonds. The van der Waals surface area contributed by atoms with Gasteiger partial charge in [0.25, 0.3) is 0 Å². The second-order valence-corrected chi connectivity index (χ2v) is 2.54. The zero-order valence-corrected chi connectivity index (χ0v) is 5.49. The van der Waals surface area contributed by atoms with Crippen LogP contribution < -0.4 is 0 Å². The van der Waals surface area contributed by atoms with E-state index in [1.807, 2.05) is 13.8 Å². The first-order valence-corrected chi connectivity index (χ1v) is 3.11. The van der Waals surface area contributed by atoms with Crippen molar-refractivity contribution >= 4 is 0 Å². The Labute approximate surface area is 52.7 Å². The predicted octanol–water partition coefficient (Wildman–Crippen LogP) is 2.06. The summed E-state index contributed by atoms with van der Waals surface area (Å²) in [5.74, 6) is 6.05. The zero-order chi connectivity index (χ0) is 6.91. The molecule has 0 aromatic heterocycles. The molecule has 0 saturated heterocycles. The van der Waals surface area contributed by atoms with Gasteiger partial charge in [-0.2, -0.15) is 0 Å². The molecule has 0 unspecified atom stereocenters. The van der Waals surface area contributed by atoms with E-state index in [2.05, 4.69) is 11.8 Å². The lowest BCUT2D eigenvalue weighted by molar-refractivity contribution is 0.863. The molecule has 1 saturated carbocycles. The van der Waals surface area contributed by atoms with E-state index < -0.39 is 5.89 Å². The molecular formula is C8H12. The summed E-state index contributed by atoms with van der Waals surface area (Å²) < 4.78 is 7.38. The summed E-state index contributed by atoms with van der Waals surface area (Å²) in [6, 6.07) is 0. The molecule has 1 fully saturated rings. The molecule has 0 bridgehead atoms. The van der Waals surface area contributed by atoms with Gasteiger partial charge < -0.3 is 0 Å². The second-order valence-electron chi connectivity index (χ2n) is 2.54. The Bertz CT molecular complexity index is 150. The van der Waals surface area contributed by atoms with Crippen molar-refractivity contribution in [2.24, 2.45) is 11.8 Å². The summed E-state index contributed by atoms with van der Waals surface area (Å²) in [5.41, 5.74) is 0. The van der Waals surface area contributed by atoms with Gasteiger partial charge in [0.1, 0.15) is 0 Å². The van der Waals surface area contributed by atoms with E-state index in [1.54, 1.807) is 0 Å². The molecule has 8 heavy (non-hydrogen) atoms. The minimum Gasteiger partial charge on any atom is -0.100 e. The van der Waals surface area contributed by atoms with Gasteiger partial charge in [-0.15, -0.1) is 5.92 Å². The van der Waals surface area contributed by atoms with Crippen LogP contribution in [0.15, 0.2) is 0 Å². The smallest absolute Gasteiger partial charge is 0.0433 e. The van der Waals surface area contributed by atoms with Gasteiger partial charge in [0, 0.05) is 13.2 Å². The van der Waals surface area contributed by atoms with Gasteiger partial charge in [0.2, 0.25) is 0 Å². The highest BCUT2D eigenvalue weighted by Crippen LogP contribution is 2.27. The Morgan fingerprint density at radius 1 is 1.62 bits per heavy atom. The van der Waals surface area contributed by atoms with E-state index >= 15 is 0 Å². The molecular weight excluding hydrogens is 96.1 g/mol. The molecule has 0 aromatic rings. The summed E-state index contributed by atoms with van der Waals surface area (Å²) in [7, 11) is 0. The Kier molecular flexibility index (Phi) is 1.23. The highest BCUT2D eigenvalue weighted by molar-refractivity contribution is 5.10. The predicted molar refractivity (Wildman–Crippen MR) is 35.3 cm³/mol. The van der Waals surface area contributed by atoms with Crippen LogP contribution in [0.5, 0.6) is 0 Å².